The number of carbonyl (C=O) groups excluding carboxylic acids is 4. The van der Waals surface area contributed by atoms with Crippen molar-refractivity contribution in [2.75, 3.05) is 18.6 Å². The van der Waals surface area contributed by atoms with E-state index in [1.54, 1.807) is 0 Å². The second kappa shape index (κ2) is 17.3. The molecule has 0 aliphatic rings. The number of primary amides is 1. The molecular weight excluding hydrogens is 504 g/mol. The first kappa shape index (κ1) is 31.9. The minimum atomic E-state index is -1.20. The van der Waals surface area contributed by atoms with Gasteiger partial charge in [0.05, 0.1) is 12.4 Å². The summed E-state index contributed by atoms with van der Waals surface area (Å²) in [4.78, 5) is 68.3. The number of rotatable bonds is 19. The molecule has 0 aliphatic heterocycles. The quantitative estimate of drug-likeness (QED) is 0.0890. The first-order valence-corrected chi connectivity index (χ1v) is 13.3. The standard InChI is InChI=1S/C22H38N8O6S/c1-37-9-7-17(22(35)36)30-20(33)15(4-2-3-8-23)29-21(34)16(5-6-18(25)31)28-19(32)14(24)10-13-11-26-12-27-13/h11-12,14-17H,2-10,23-24H2,1H3,(H2,25,31)(H,26,27)(H,28,32)(H,29,34)(H,30,33)(H,35,36). The Balaban J connectivity index is 2.96. The van der Waals surface area contributed by atoms with Crippen LogP contribution in [0.2, 0.25) is 0 Å². The van der Waals surface area contributed by atoms with Gasteiger partial charge < -0.3 is 43.2 Å². The number of aromatic amines is 1. The van der Waals surface area contributed by atoms with E-state index >= 15 is 0 Å². The Kier molecular flexibility index (Phi) is 14.9. The number of nitrogens with zero attached hydrogens (tertiary/aromatic N) is 1. The molecule has 15 heteroatoms. The zero-order chi connectivity index (χ0) is 27.8. The fourth-order valence-corrected chi connectivity index (χ4v) is 3.83. The number of carboxylic acid groups (broad SMARTS) is 1. The molecule has 4 atom stereocenters. The normalized spacial score (nSPS) is 14.1. The van der Waals surface area contributed by atoms with Gasteiger partial charge >= 0.3 is 5.97 Å². The number of thioether (sulfide) groups is 1. The molecule has 1 heterocycles. The Morgan fingerprint density at radius 1 is 1.00 bits per heavy atom. The second-order valence-corrected chi connectivity index (χ2v) is 9.47. The molecular formula is C22H38N8O6S. The van der Waals surface area contributed by atoms with Crippen molar-refractivity contribution >= 4 is 41.4 Å². The molecule has 14 nitrogen and oxygen atoms in total. The fourth-order valence-electron chi connectivity index (χ4n) is 3.36. The van der Waals surface area contributed by atoms with Crippen molar-refractivity contribution in [2.24, 2.45) is 17.2 Å². The van der Waals surface area contributed by atoms with E-state index in [9.17, 15) is 29.1 Å². The second-order valence-electron chi connectivity index (χ2n) is 8.48. The van der Waals surface area contributed by atoms with Crippen LogP contribution in [-0.4, -0.2) is 87.4 Å². The number of nitrogens with one attached hydrogen (secondary N) is 4. The summed E-state index contributed by atoms with van der Waals surface area (Å²) in [5.41, 5.74) is 17.3. The molecule has 1 aromatic rings. The van der Waals surface area contributed by atoms with E-state index < -0.39 is 53.8 Å². The topological polar surface area (TPSA) is 248 Å². The molecule has 0 radical (unpaired) electrons. The largest absolute Gasteiger partial charge is 0.480 e. The van der Waals surface area contributed by atoms with Crippen molar-refractivity contribution in [3.05, 3.63) is 18.2 Å². The summed E-state index contributed by atoms with van der Waals surface area (Å²) in [5, 5.41) is 17.0. The van der Waals surface area contributed by atoms with Gasteiger partial charge in [0.2, 0.25) is 23.6 Å². The van der Waals surface area contributed by atoms with E-state index in [1.807, 2.05) is 6.26 Å². The average Bonchev–Trinajstić information content (AvgIpc) is 3.36. The molecule has 0 fully saturated rings. The molecule has 1 rings (SSSR count). The predicted octanol–water partition coefficient (Wildman–Crippen LogP) is -2.03. The van der Waals surface area contributed by atoms with Crippen LogP contribution >= 0.6 is 11.8 Å². The molecule has 0 aromatic carbocycles. The first-order chi connectivity index (χ1) is 17.6. The van der Waals surface area contributed by atoms with Gasteiger partial charge in [-0.3, -0.25) is 19.2 Å². The number of aliphatic carboxylic acids is 1. The van der Waals surface area contributed by atoms with Gasteiger partial charge in [-0.05, 0) is 50.7 Å². The molecule has 11 N–H and O–H groups in total. The third-order valence-electron chi connectivity index (χ3n) is 5.45. The van der Waals surface area contributed by atoms with Crippen molar-refractivity contribution in [1.29, 1.82) is 0 Å². The Morgan fingerprint density at radius 2 is 1.62 bits per heavy atom. The maximum absolute atomic E-state index is 13.1. The summed E-state index contributed by atoms with van der Waals surface area (Å²) in [7, 11) is 0. The van der Waals surface area contributed by atoms with E-state index in [4.69, 9.17) is 17.2 Å². The summed E-state index contributed by atoms with van der Waals surface area (Å²) in [6.07, 6.45) is 6.05. The summed E-state index contributed by atoms with van der Waals surface area (Å²) in [6.45, 7) is 0.374. The van der Waals surface area contributed by atoms with Gasteiger partial charge in [-0.15, -0.1) is 0 Å². The number of H-pyrrole nitrogens is 1. The molecule has 208 valence electrons. The third kappa shape index (κ3) is 12.6. The van der Waals surface area contributed by atoms with Crippen molar-refractivity contribution in [3.8, 4) is 0 Å². The number of imidazole rings is 1. The van der Waals surface area contributed by atoms with Crippen LogP contribution in [0.3, 0.4) is 0 Å². The molecule has 37 heavy (non-hydrogen) atoms. The number of nitrogens with two attached hydrogens (primary N) is 3. The average molecular weight is 543 g/mol. The van der Waals surface area contributed by atoms with Gasteiger partial charge in [0.25, 0.3) is 0 Å². The smallest absolute Gasteiger partial charge is 0.326 e. The van der Waals surface area contributed by atoms with Gasteiger partial charge in [-0.25, -0.2) is 9.78 Å². The van der Waals surface area contributed by atoms with Crippen molar-refractivity contribution in [2.45, 2.75) is 69.1 Å². The maximum Gasteiger partial charge on any atom is 0.326 e. The minimum Gasteiger partial charge on any atom is -0.480 e. The van der Waals surface area contributed by atoms with Crippen LogP contribution < -0.4 is 33.2 Å². The van der Waals surface area contributed by atoms with Crippen LogP contribution in [-0.2, 0) is 30.4 Å². The summed E-state index contributed by atoms with van der Waals surface area (Å²) in [5.74, 6) is -3.40. The molecule has 4 unspecified atom stereocenters. The number of hydrogen-bond donors (Lipinski definition) is 8. The fraction of sp³-hybridized carbons (Fsp3) is 0.636. The van der Waals surface area contributed by atoms with E-state index in [2.05, 4.69) is 25.9 Å². The Morgan fingerprint density at radius 3 is 2.16 bits per heavy atom. The SMILES string of the molecule is CSCCC(NC(=O)C(CCCCN)NC(=O)C(CCC(N)=O)NC(=O)C(N)Cc1cnc[nH]1)C(=O)O. The highest BCUT2D eigenvalue weighted by atomic mass is 32.2. The molecule has 0 aliphatic carbocycles. The first-order valence-electron chi connectivity index (χ1n) is 11.9. The van der Waals surface area contributed by atoms with E-state index in [-0.39, 0.29) is 32.1 Å². The molecule has 1 aromatic heterocycles. The lowest BCUT2D eigenvalue weighted by Crippen LogP contribution is -2.57. The van der Waals surface area contributed by atoms with Gasteiger partial charge in [0, 0.05) is 24.7 Å². The molecule has 4 amide bonds. The van der Waals surface area contributed by atoms with Gasteiger partial charge in [0.1, 0.15) is 18.1 Å². The van der Waals surface area contributed by atoms with Crippen molar-refractivity contribution in [1.82, 2.24) is 25.9 Å². The summed E-state index contributed by atoms with van der Waals surface area (Å²) >= 11 is 1.44. The summed E-state index contributed by atoms with van der Waals surface area (Å²) < 4.78 is 0. The Labute approximate surface area is 219 Å². The maximum atomic E-state index is 13.1. The highest BCUT2D eigenvalue weighted by Gasteiger charge is 2.30. The zero-order valence-electron chi connectivity index (χ0n) is 20.9. The number of hydrogen-bond acceptors (Lipinski definition) is 9. The highest BCUT2D eigenvalue weighted by molar-refractivity contribution is 7.98. The van der Waals surface area contributed by atoms with Crippen molar-refractivity contribution < 1.29 is 29.1 Å². The number of carboxylic acids is 1. The third-order valence-corrected chi connectivity index (χ3v) is 6.09. The molecule has 0 bridgehead atoms. The van der Waals surface area contributed by atoms with E-state index in [1.165, 1.54) is 24.3 Å². The lowest BCUT2D eigenvalue weighted by molar-refractivity contribution is -0.142. The van der Waals surface area contributed by atoms with Crippen LogP contribution in [0.5, 0.6) is 0 Å². The van der Waals surface area contributed by atoms with Gasteiger partial charge in [0.15, 0.2) is 0 Å². The molecule has 0 saturated carbocycles. The lowest BCUT2D eigenvalue weighted by Gasteiger charge is -2.25. The number of aromatic nitrogens is 2. The number of carbonyl (C=O) groups is 5. The van der Waals surface area contributed by atoms with Crippen LogP contribution in [0.1, 0.15) is 44.2 Å². The zero-order valence-corrected chi connectivity index (χ0v) is 21.7. The van der Waals surface area contributed by atoms with Crippen molar-refractivity contribution in [3.63, 3.8) is 0 Å². The summed E-state index contributed by atoms with van der Waals surface area (Å²) in [6, 6.07) is -4.42. The monoisotopic (exact) mass is 542 g/mol. The van der Waals surface area contributed by atoms with Crippen LogP contribution in [0.15, 0.2) is 12.5 Å². The van der Waals surface area contributed by atoms with Crippen LogP contribution in [0, 0.1) is 0 Å². The predicted molar refractivity (Wildman–Crippen MR) is 138 cm³/mol. The Hall–Kier alpha value is -3.17. The lowest BCUT2D eigenvalue weighted by atomic mass is 10.0. The van der Waals surface area contributed by atoms with Gasteiger partial charge in [-0.1, -0.05) is 0 Å². The minimum absolute atomic E-state index is 0.119. The number of amides is 4. The van der Waals surface area contributed by atoms with E-state index in [0.717, 1.165) is 0 Å². The number of unbranched alkanes of at least 4 members (excludes halogenated alkanes) is 1. The highest BCUT2D eigenvalue weighted by Crippen LogP contribution is 2.07. The Bertz CT molecular complexity index is 885. The molecule has 0 spiro atoms. The molecule has 0 saturated heterocycles. The van der Waals surface area contributed by atoms with Gasteiger partial charge in [-0.2, -0.15) is 11.8 Å². The van der Waals surface area contributed by atoms with Crippen LogP contribution in [0.4, 0.5) is 0 Å². The van der Waals surface area contributed by atoms with E-state index in [0.29, 0.717) is 30.8 Å². The van der Waals surface area contributed by atoms with Crippen LogP contribution in [0.25, 0.3) is 0 Å².